The van der Waals surface area contributed by atoms with Crippen molar-refractivity contribution in [2.45, 2.75) is 45.1 Å². The molecule has 1 aliphatic rings. The number of nitrogens with two attached hydrogens (primary N) is 1. The largest absolute Gasteiger partial charge is 0.494 e. The molecule has 10 heteroatoms. The van der Waals surface area contributed by atoms with Crippen LogP contribution in [0.15, 0.2) is 42.6 Å². The fourth-order valence-electron chi connectivity index (χ4n) is 2.33. The number of nitrogen functional groups attached to an aromatic ring is 1. The molecule has 0 bridgehead atoms. The molecule has 156 valence electrons. The summed E-state index contributed by atoms with van der Waals surface area (Å²) >= 11 is 0. The lowest BCUT2D eigenvalue weighted by atomic mass is 9.79. The SMILES string of the molecule is CC1(C)OB(c2ccc(C(=O)O)cc2)OC1(C)C.Nc1ccc(C(F)(F)F)cn1. The quantitative estimate of drug-likeness (QED) is 0.738. The molecular formula is C19H22BF3N2O4. The zero-order valence-electron chi connectivity index (χ0n) is 16.4. The molecule has 29 heavy (non-hydrogen) atoms. The predicted octanol–water partition coefficient (Wildman–Crippen LogP) is 3.37. The summed E-state index contributed by atoms with van der Waals surface area (Å²) < 4.78 is 47.3. The van der Waals surface area contributed by atoms with E-state index in [9.17, 15) is 18.0 Å². The van der Waals surface area contributed by atoms with E-state index >= 15 is 0 Å². The lowest BCUT2D eigenvalue weighted by Crippen LogP contribution is -2.41. The Kier molecular flexibility index (Phi) is 6.29. The number of anilines is 1. The van der Waals surface area contributed by atoms with Crippen LogP contribution in [0.3, 0.4) is 0 Å². The Morgan fingerprint density at radius 3 is 1.93 bits per heavy atom. The molecule has 0 spiro atoms. The maximum absolute atomic E-state index is 11.8. The molecule has 0 amide bonds. The summed E-state index contributed by atoms with van der Waals surface area (Å²) in [6.07, 6.45) is -3.63. The maximum atomic E-state index is 11.8. The molecule has 1 aromatic heterocycles. The Labute approximate surface area is 167 Å². The van der Waals surface area contributed by atoms with Crippen molar-refractivity contribution in [3.8, 4) is 0 Å². The van der Waals surface area contributed by atoms with Crippen molar-refractivity contribution in [2.75, 3.05) is 5.73 Å². The number of carboxylic acid groups (broad SMARTS) is 1. The first-order valence-electron chi connectivity index (χ1n) is 8.70. The summed E-state index contributed by atoms with van der Waals surface area (Å²) in [6, 6.07) is 8.58. The van der Waals surface area contributed by atoms with Crippen LogP contribution in [0.5, 0.6) is 0 Å². The van der Waals surface area contributed by atoms with Gasteiger partial charge in [-0.3, -0.25) is 0 Å². The lowest BCUT2D eigenvalue weighted by molar-refractivity contribution is -0.137. The molecule has 6 nitrogen and oxygen atoms in total. The van der Waals surface area contributed by atoms with Crippen molar-refractivity contribution >= 4 is 24.4 Å². The van der Waals surface area contributed by atoms with Gasteiger partial charge in [-0.1, -0.05) is 12.1 Å². The Balaban J connectivity index is 0.000000234. The topological polar surface area (TPSA) is 94.7 Å². The van der Waals surface area contributed by atoms with Gasteiger partial charge in [-0.15, -0.1) is 0 Å². The highest BCUT2D eigenvalue weighted by atomic mass is 19.4. The molecule has 2 heterocycles. The third-order valence-corrected chi connectivity index (χ3v) is 4.80. The van der Waals surface area contributed by atoms with Crippen molar-refractivity contribution in [1.29, 1.82) is 0 Å². The third-order valence-electron chi connectivity index (χ3n) is 4.80. The second-order valence-corrected chi connectivity index (χ2v) is 7.48. The zero-order chi connectivity index (χ0) is 22.0. The standard InChI is InChI=1S/C13H17BO4.C6H5F3N2/c1-12(2)13(3,4)18-14(17-12)10-7-5-9(6-8-10)11(15)16;7-6(8,9)4-1-2-5(10)11-3-4/h5-8H,1-4H3,(H,15,16);1-3H,(H2,10,11). The van der Waals surface area contributed by atoms with E-state index in [2.05, 4.69) is 4.98 Å². The van der Waals surface area contributed by atoms with E-state index in [1.165, 1.54) is 0 Å². The summed E-state index contributed by atoms with van der Waals surface area (Å²) in [5.41, 5.74) is 4.63. The number of benzene rings is 1. The summed E-state index contributed by atoms with van der Waals surface area (Å²) in [5, 5.41) is 8.84. The number of aromatic nitrogens is 1. The van der Waals surface area contributed by atoms with Crippen LogP contribution in [-0.4, -0.2) is 34.4 Å². The van der Waals surface area contributed by atoms with Gasteiger partial charge in [0.15, 0.2) is 0 Å². The number of aromatic carboxylic acids is 1. The van der Waals surface area contributed by atoms with Crippen LogP contribution in [0, 0.1) is 0 Å². The highest BCUT2D eigenvalue weighted by Gasteiger charge is 2.51. The van der Waals surface area contributed by atoms with Crippen LogP contribution in [0.2, 0.25) is 0 Å². The second kappa shape index (κ2) is 8.04. The molecule has 0 atom stereocenters. The average molecular weight is 410 g/mol. The number of pyridine rings is 1. The number of hydrogen-bond donors (Lipinski definition) is 2. The van der Waals surface area contributed by atoms with E-state index in [-0.39, 0.29) is 22.6 Å². The highest BCUT2D eigenvalue weighted by Crippen LogP contribution is 2.36. The first kappa shape index (κ1) is 22.7. The summed E-state index contributed by atoms with van der Waals surface area (Å²) in [6.45, 7) is 7.94. The molecule has 2 aromatic rings. The molecule has 0 unspecified atom stereocenters. The predicted molar refractivity (Wildman–Crippen MR) is 103 cm³/mol. The smallest absolute Gasteiger partial charge is 0.478 e. The fraction of sp³-hybridized carbons (Fsp3) is 0.368. The zero-order valence-corrected chi connectivity index (χ0v) is 16.4. The summed E-state index contributed by atoms with van der Waals surface area (Å²) in [7, 11) is -0.446. The molecular weight excluding hydrogens is 388 g/mol. The second-order valence-electron chi connectivity index (χ2n) is 7.48. The fourth-order valence-corrected chi connectivity index (χ4v) is 2.33. The maximum Gasteiger partial charge on any atom is 0.494 e. The Morgan fingerprint density at radius 2 is 1.55 bits per heavy atom. The minimum atomic E-state index is -4.33. The molecule has 0 saturated carbocycles. The van der Waals surface area contributed by atoms with Gasteiger partial charge < -0.3 is 20.1 Å². The highest BCUT2D eigenvalue weighted by molar-refractivity contribution is 6.62. The van der Waals surface area contributed by atoms with Gasteiger partial charge in [0.05, 0.1) is 22.3 Å². The molecule has 3 N–H and O–H groups in total. The number of rotatable bonds is 2. The van der Waals surface area contributed by atoms with Gasteiger partial charge in [-0.2, -0.15) is 13.2 Å². The Hall–Kier alpha value is -2.59. The molecule has 1 fully saturated rings. The van der Waals surface area contributed by atoms with Crippen LogP contribution in [0.1, 0.15) is 43.6 Å². The van der Waals surface area contributed by atoms with Gasteiger partial charge in [-0.25, -0.2) is 9.78 Å². The molecule has 0 radical (unpaired) electrons. The van der Waals surface area contributed by atoms with Crippen molar-refractivity contribution in [2.24, 2.45) is 0 Å². The molecule has 3 rings (SSSR count). The van der Waals surface area contributed by atoms with Gasteiger partial charge >= 0.3 is 19.3 Å². The van der Waals surface area contributed by atoms with E-state index in [1.54, 1.807) is 24.3 Å². The molecule has 1 aliphatic heterocycles. The van der Waals surface area contributed by atoms with Crippen LogP contribution in [0.25, 0.3) is 0 Å². The van der Waals surface area contributed by atoms with Crippen LogP contribution >= 0.6 is 0 Å². The number of halogens is 3. The minimum Gasteiger partial charge on any atom is -0.478 e. The van der Waals surface area contributed by atoms with E-state index < -0.39 is 24.8 Å². The average Bonchev–Trinajstić information content (AvgIpc) is 2.83. The van der Waals surface area contributed by atoms with Gasteiger partial charge in [0.2, 0.25) is 0 Å². The number of carboxylic acids is 1. The van der Waals surface area contributed by atoms with Crippen molar-refractivity contribution in [3.05, 3.63) is 53.7 Å². The Morgan fingerprint density at radius 1 is 1.03 bits per heavy atom. The first-order valence-corrected chi connectivity index (χ1v) is 8.70. The van der Waals surface area contributed by atoms with E-state index in [1.807, 2.05) is 27.7 Å². The van der Waals surface area contributed by atoms with Gasteiger partial charge in [-0.05, 0) is 57.4 Å². The van der Waals surface area contributed by atoms with Gasteiger partial charge in [0, 0.05) is 6.20 Å². The van der Waals surface area contributed by atoms with Gasteiger partial charge in [0.1, 0.15) is 5.82 Å². The summed E-state index contributed by atoms with van der Waals surface area (Å²) in [4.78, 5) is 14.1. The normalized spacial score (nSPS) is 17.4. The van der Waals surface area contributed by atoms with E-state index in [0.29, 0.717) is 6.20 Å². The molecule has 0 aliphatic carbocycles. The van der Waals surface area contributed by atoms with Gasteiger partial charge in [0.25, 0.3) is 0 Å². The number of nitrogens with zero attached hydrogens (tertiary/aromatic N) is 1. The van der Waals surface area contributed by atoms with Crippen molar-refractivity contribution < 1.29 is 32.4 Å². The van der Waals surface area contributed by atoms with Crippen molar-refractivity contribution in [3.63, 3.8) is 0 Å². The number of carbonyl (C=O) groups is 1. The lowest BCUT2D eigenvalue weighted by Gasteiger charge is -2.32. The number of alkyl halides is 3. The van der Waals surface area contributed by atoms with E-state index in [4.69, 9.17) is 20.1 Å². The summed E-state index contributed by atoms with van der Waals surface area (Å²) in [5.74, 6) is -0.853. The third kappa shape index (κ3) is 5.48. The van der Waals surface area contributed by atoms with Crippen molar-refractivity contribution in [1.82, 2.24) is 4.98 Å². The monoisotopic (exact) mass is 410 g/mol. The van der Waals surface area contributed by atoms with E-state index in [0.717, 1.165) is 17.6 Å². The molecule has 1 saturated heterocycles. The molecule has 1 aromatic carbocycles. The van der Waals surface area contributed by atoms with Crippen LogP contribution in [-0.2, 0) is 15.5 Å². The van der Waals surface area contributed by atoms with Crippen LogP contribution in [0.4, 0.5) is 19.0 Å². The number of hydrogen-bond acceptors (Lipinski definition) is 5. The minimum absolute atomic E-state index is 0.0815. The van der Waals surface area contributed by atoms with Crippen LogP contribution < -0.4 is 11.2 Å². The first-order chi connectivity index (χ1) is 13.2. The Bertz CT molecular complexity index is 837.